The molecule has 1 aromatic carbocycles. The molecule has 4 heterocycles. The minimum atomic E-state index is -0.00228. The number of nitrogens with zero attached hydrogens (tertiary/aromatic N) is 5. The van der Waals surface area contributed by atoms with Gasteiger partial charge < -0.3 is 9.80 Å². The number of carbonyl (C=O) groups excluding carboxylic acids is 2. The summed E-state index contributed by atoms with van der Waals surface area (Å²) in [5.74, 6) is 0.147. The molecule has 32 heavy (non-hydrogen) atoms. The quantitative estimate of drug-likeness (QED) is 0.615. The standard InChI is InChI=1S/C24H25N5O2S/c1-17-21(6-3-7-25-17)18-4-2-5-19(12-18)29-14-20(13-23(29)30)27-8-10-28(11-9-27)24(31)22-15-32-16-26-22/h2-7,12,15-16,20H,8-11,13-14H2,1H3. The molecule has 0 bridgehead atoms. The van der Waals surface area contributed by atoms with Gasteiger partial charge in [0.1, 0.15) is 5.69 Å². The Balaban J connectivity index is 1.25. The van der Waals surface area contributed by atoms with Gasteiger partial charge in [0.25, 0.3) is 5.91 Å². The molecule has 3 aromatic rings. The van der Waals surface area contributed by atoms with E-state index in [9.17, 15) is 9.59 Å². The normalized spacial score (nSPS) is 19.5. The molecule has 0 aliphatic carbocycles. The molecule has 2 fully saturated rings. The van der Waals surface area contributed by atoms with E-state index in [1.54, 1.807) is 17.1 Å². The Hall–Kier alpha value is -3.10. The summed E-state index contributed by atoms with van der Waals surface area (Å²) in [5.41, 5.74) is 6.26. The maximum absolute atomic E-state index is 12.9. The Labute approximate surface area is 191 Å². The van der Waals surface area contributed by atoms with Gasteiger partial charge in [0.05, 0.1) is 5.51 Å². The Morgan fingerprint density at radius 3 is 2.69 bits per heavy atom. The maximum atomic E-state index is 12.9. The highest BCUT2D eigenvalue weighted by atomic mass is 32.1. The summed E-state index contributed by atoms with van der Waals surface area (Å²) in [6.45, 7) is 5.55. The second-order valence-corrected chi connectivity index (χ2v) is 8.97. The highest BCUT2D eigenvalue weighted by Crippen LogP contribution is 2.30. The molecule has 2 aliphatic rings. The molecule has 0 saturated carbocycles. The van der Waals surface area contributed by atoms with Crippen LogP contribution in [0.3, 0.4) is 0 Å². The van der Waals surface area contributed by atoms with E-state index in [-0.39, 0.29) is 17.9 Å². The summed E-state index contributed by atoms with van der Waals surface area (Å²) in [5, 5.41) is 1.79. The fourth-order valence-electron chi connectivity index (χ4n) is 4.58. The van der Waals surface area contributed by atoms with Gasteiger partial charge >= 0.3 is 0 Å². The fourth-order valence-corrected chi connectivity index (χ4v) is 5.11. The lowest BCUT2D eigenvalue weighted by atomic mass is 10.0. The van der Waals surface area contributed by atoms with Crippen LogP contribution in [0.5, 0.6) is 0 Å². The SMILES string of the molecule is Cc1ncccc1-c1cccc(N2CC(N3CCN(C(=O)c4cscn4)CC3)CC2=O)c1. The van der Waals surface area contributed by atoms with Crippen LogP contribution in [0.25, 0.3) is 11.1 Å². The van der Waals surface area contributed by atoms with Crippen molar-refractivity contribution in [3.8, 4) is 11.1 Å². The van der Waals surface area contributed by atoms with E-state index in [2.05, 4.69) is 33.1 Å². The van der Waals surface area contributed by atoms with Crippen molar-refractivity contribution >= 4 is 28.8 Å². The first-order chi connectivity index (χ1) is 15.6. The molecule has 1 atom stereocenters. The number of anilines is 1. The van der Waals surface area contributed by atoms with E-state index >= 15 is 0 Å². The molecule has 2 amide bonds. The van der Waals surface area contributed by atoms with E-state index in [0.29, 0.717) is 31.7 Å². The van der Waals surface area contributed by atoms with Crippen molar-refractivity contribution in [1.29, 1.82) is 0 Å². The summed E-state index contributed by atoms with van der Waals surface area (Å²) in [7, 11) is 0. The van der Waals surface area contributed by atoms with Crippen molar-refractivity contribution in [1.82, 2.24) is 19.8 Å². The highest BCUT2D eigenvalue weighted by molar-refractivity contribution is 7.07. The van der Waals surface area contributed by atoms with Gasteiger partial charge in [0.2, 0.25) is 5.91 Å². The topological polar surface area (TPSA) is 69.6 Å². The van der Waals surface area contributed by atoms with E-state index in [0.717, 1.165) is 35.6 Å². The smallest absolute Gasteiger partial charge is 0.273 e. The molecule has 1 unspecified atom stereocenters. The number of pyridine rings is 1. The molecule has 8 heteroatoms. The van der Waals surface area contributed by atoms with Crippen LogP contribution in [-0.2, 0) is 4.79 Å². The first kappa shape index (κ1) is 20.8. The fraction of sp³-hybridized carbons (Fsp3) is 0.333. The second-order valence-electron chi connectivity index (χ2n) is 8.25. The number of amides is 2. The minimum Gasteiger partial charge on any atom is -0.335 e. The van der Waals surface area contributed by atoms with E-state index < -0.39 is 0 Å². The van der Waals surface area contributed by atoms with Gasteiger partial charge in [-0.05, 0) is 30.7 Å². The zero-order valence-corrected chi connectivity index (χ0v) is 18.8. The second kappa shape index (κ2) is 8.80. The van der Waals surface area contributed by atoms with Crippen molar-refractivity contribution in [2.45, 2.75) is 19.4 Å². The van der Waals surface area contributed by atoms with Gasteiger partial charge in [-0.1, -0.05) is 18.2 Å². The van der Waals surface area contributed by atoms with Crippen LogP contribution in [0.1, 0.15) is 22.6 Å². The molecule has 2 aromatic heterocycles. The number of aromatic nitrogens is 2. The van der Waals surface area contributed by atoms with Gasteiger partial charge in [0.15, 0.2) is 0 Å². The maximum Gasteiger partial charge on any atom is 0.273 e. The number of piperazine rings is 1. The number of hydrogen-bond acceptors (Lipinski definition) is 6. The molecule has 0 N–H and O–H groups in total. The van der Waals surface area contributed by atoms with Gasteiger partial charge in [-0.3, -0.25) is 19.5 Å². The summed E-state index contributed by atoms with van der Waals surface area (Å²) >= 11 is 1.44. The minimum absolute atomic E-state index is 0.00228. The summed E-state index contributed by atoms with van der Waals surface area (Å²) < 4.78 is 0. The third-order valence-corrected chi connectivity index (χ3v) is 6.94. The number of thiazole rings is 1. The number of rotatable bonds is 4. The lowest BCUT2D eigenvalue weighted by molar-refractivity contribution is -0.117. The highest BCUT2D eigenvalue weighted by Gasteiger charge is 2.36. The van der Waals surface area contributed by atoms with Crippen molar-refractivity contribution in [2.75, 3.05) is 37.6 Å². The number of hydrogen-bond donors (Lipinski definition) is 0. The van der Waals surface area contributed by atoms with Gasteiger partial charge in [-0.25, -0.2) is 4.98 Å². The monoisotopic (exact) mass is 447 g/mol. The molecule has 0 radical (unpaired) electrons. The molecule has 0 spiro atoms. The van der Waals surface area contributed by atoms with Gasteiger partial charge in [-0.2, -0.15) is 0 Å². The zero-order chi connectivity index (χ0) is 22.1. The van der Waals surface area contributed by atoms with Crippen LogP contribution in [0, 0.1) is 6.92 Å². The van der Waals surface area contributed by atoms with Crippen molar-refractivity contribution in [3.63, 3.8) is 0 Å². The molecule has 7 nitrogen and oxygen atoms in total. The van der Waals surface area contributed by atoms with Crippen molar-refractivity contribution < 1.29 is 9.59 Å². The van der Waals surface area contributed by atoms with Crippen LogP contribution < -0.4 is 4.90 Å². The Morgan fingerprint density at radius 1 is 1.09 bits per heavy atom. The van der Waals surface area contributed by atoms with Crippen LogP contribution in [0.15, 0.2) is 53.5 Å². The zero-order valence-electron chi connectivity index (χ0n) is 18.0. The molecule has 5 rings (SSSR count). The lowest BCUT2D eigenvalue weighted by Gasteiger charge is -2.37. The molecule has 2 aliphatic heterocycles. The first-order valence-electron chi connectivity index (χ1n) is 10.8. The van der Waals surface area contributed by atoms with E-state index in [1.165, 1.54) is 11.3 Å². The first-order valence-corrected chi connectivity index (χ1v) is 11.8. The third kappa shape index (κ3) is 4.03. The largest absolute Gasteiger partial charge is 0.335 e. The van der Waals surface area contributed by atoms with E-state index in [1.807, 2.05) is 34.9 Å². The average molecular weight is 448 g/mol. The van der Waals surface area contributed by atoms with Crippen LogP contribution >= 0.6 is 11.3 Å². The molecular weight excluding hydrogens is 422 g/mol. The Morgan fingerprint density at radius 2 is 1.94 bits per heavy atom. The van der Waals surface area contributed by atoms with Crippen LogP contribution in [0.4, 0.5) is 5.69 Å². The lowest BCUT2D eigenvalue weighted by Crippen LogP contribution is -2.52. The summed E-state index contributed by atoms with van der Waals surface area (Å²) in [6, 6.07) is 12.3. The molecule has 164 valence electrons. The van der Waals surface area contributed by atoms with E-state index in [4.69, 9.17) is 0 Å². The Kier molecular flexibility index (Phi) is 5.71. The van der Waals surface area contributed by atoms with Crippen molar-refractivity contribution in [3.05, 3.63) is 64.9 Å². The number of benzene rings is 1. The predicted molar refractivity (Wildman–Crippen MR) is 125 cm³/mol. The Bertz CT molecular complexity index is 1120. The van der Waals surface area contributed by atoms with Gasteiger partial charge in [-0.15, -0.1) is 11.3 Å². The van der Waals surface area contributed by atoms with Crippen molar-refractivity contribution in [2.24, 2.45) is 0 Å². The third-order valence-electron chi connectivity index (χ3n) is 6.35. The summed E-state index contributed by atoms with van der Waals surface area (Å²) in [6.07, 6.45) is 2.30. The molecular formula is C24H25N5O2S. The van der Waals surface area contributed by atoms with Crippen LogP contribution in [0.2, 0.25) is 0 Å². The summed E-state index contributed by atoms with van der Waals surface area (Å²) in [4.78, 5) is 40.0. The number of carbonyl (C=O) groups is 2. The predicted octanol–water partition coefficient (Wildman–Crippen LogP) is 3.08. The van der Waals surface area contributed by atoms with Crippen LogP contribution in [-0.4, -0.2) is 70.3 Å². The molecule has 2 saturated heterocycles. The average Bonchev–Trinajstić information content (AvgIpc) is 3.49. The van der Waals surface area contributed by atoms with Gasteiger partial charge in [0, 0.05) is 73.7 Å². The number of aryl methyl sites for hydroxylation is 1.